The van der Waals surface area contributed by atoms with E-state index in [0.717, 1.165) is 5.57 Å². The second-order valence-electron chi connectivity index (χ2n) is 2.96. The van der Waals surface area contributed by atoms with E-state index in [4.69, 9.17) is 0 Å². The van der Waals surface area contributed by atoms with Crippen LogP contribution in [-0.2, 0) is 0 Å². The molecule has 0 amide bonds. The standard InChI is InChI=1S/C7H8S.C7H10.C2H6/c1-8-7-5-3-2-4-6-7;1-4-5-6-7(2)3;1-2/h2-6H,1H3;4-6H,1-2H2,3H3;1-2H3/b;6-5-;. The van der Waals surface area contributed by atoms with Gasteiger partial charge in [-0.3, -0.25) is 0 Å². The first kappa shape index (κ1) is 18.2. The molecule has 0 atom stereocenters. The molecule has 0 fully saturated rings. The Labute approximate surface area is 111 Å². The maximum absolute atomic E-state index is 3.66. The predicted octanol–water partition coefficient (Wildman–Crippen LogP) is 5.74. The smallest absolute Gasteiger partial charge is 0.00691 e. The zero-order valence-electron chi connectivity index (χ0n) is 11.4. The van der Waals surface area contributed by atoms with Crippen molar-refractivity contribution in [2.75, 3.05) is 6.26 Å². The number of hydrogen-bond acceptors (Lipinski definition) is 1. The average Bonchev–Trinajstić information content (AvgIpc) is 2.40. The van der Waals surface area contributed by atoms with Crippen LogP contribution in [0.1, 0.15) is 20.8 Å². The molecule has 0 unspecified atom stereocenters. The summed E-state index contributed by atoms with van der Waals surface area (Å²) in [6, 6.07) is 10.3. The van der Waals surface area contributed by atoms with Crippen LogP contribution >= 0.6 is 11.8 Å². The van der Waals surface area contributed by atoms with Crippen molar-refractivity contribution in [3.63, 3.8) is 0 Å². The fraction of sp³-hybridized carbons (Fsp3) is 0.250. The topological polar surface area (TPSA) is 0 Å². The van der Waals surface area contributed by atoms with Gasteiger partial charge in [0, 0.05) is 4.90 Å². The van der Waals surface area contributed by atoms with E-state index in [9.17, 15) is 0 Å². The normalized spacial score (nSPS) is 8.47. The van der Waals surface area contributed by atoms with E-state index in [-0.39, 0.29) is 0 Å². The van der Waals surface area contributed by atoms with Crippen molar-refractivity contribution in [2.45, 2.75) is 25.7 Å². The number of allylic oxidation sites excluding steroid dienone is 4. The lowest BCUT2D eigenvalue weighted by Crippen LogP contribution is -1.62. The summed E-state index contributed by atoms with van der Waals surface area (Å²) < 4.78 is 0. The third-order valence-electron chi connectivity index (χ3n) is 1.50. The summed E-state index contributed by atoms with van der Waals surface area (Å²) in [5.41, 5.74) is 1.06. The summed E-state index contributed by atoms with van der Waals surface area (Å²) in [6.45, 7) is 13.1. The van der Waals surface area contributed by atoms with Gasteiger partial charge in [-0.2, -0.15) is 0 Å². The second kappa shape index (κ2) is 14.8. The zero-order chi connectivity index (χ0) is 13.5. The molecule has 1 rings (SSSR count). The van der Waals surface area contributed by atoms with Gasteiger partial charge < -0.3 is 0 Å². The number of benzene rings is 1. The van der Waals surface area contributed by atoms with E-state index in [1.165, 1.54) is 4.90 Å². The summed E-state index contributed by atoms with van der Waals surface area (Å²) in [4.78, 5) is 1.33. The van der Waals surface area contributed by atoms with Crippen LogP contribution in [0.25, 0.3) is 0 Å². The summed E-state index contributed by atoms with van der Waals surface area (Å²) in [7, 11) is 0. The molecule has 0 aliphatic heterocycles. The van der Waals surface area contributed by atoms with E-state index in [1.807, 2.05) is 51.1 Å². The molecule has 0 N–H and O–H groups in total. The minimum absolute atomic E-state index is 1.06. The van der Waals surface area contributed by atoms with Crippen LogP contribution in [0.4, 0.5) is 0 Å². The lowest BCUT2D eigenvalue weighted by Gasteiger charge is -1.89. The van der Waals surface area contributed by atoms with E-state index in [0.29, 0.717) is 0 Å². The highest BCUT2D eigenvalue weighted by Gasteiger charge is 1.80. The first-order valence-corrected chi connectivity index (χ1v) is 6.96. The van der Waals surface area contributed by atoms with Crippen molar-refractivity contribution in [2.24, 2.45) is 0 Å². The largest absolute Gasteiger partial charge is 0.130 e. The molecular formula is C16H24S. The minimum Gasteiger partial charge on any atom is -0.130 e. The molecule has 1 aromatic carbocycles. The van der Waals surface area contributed by atoms with Gasteiger partial charge in [-0.05, 0) is 25.3 Å². The van der Waals surface area contributed by atoms with Gasteiger partial charge in [0.1, 0.15) is 0 Å². The summed E-state index contributed by atoms with van der Waals surface area (Å²) in [6.07, 6.45) is 7.58. The maximum atomic E-state index is 3.66. The average molecular weight is 248 g/mol. The quantitative estimate of drug-likeness (QED) is 0.485. The van der Waals surface area contributed by atoms with Gasteiger partial charge in [-0.1, -0.05) is 69.0 Å². The van der Waals surface area contributed by atoms with Crippen molar-refractivity contribution in [3.05, 3.63) is 67.3 Å². The molecule has 0 aliphatic carbocycles. The molecule has 0 spiro atoms. The Bertz CT molecular complexity index is 310. The van der Waals surface area contributed by atoms with Gasteiger partial charge in [0.2, 0.25) is 0 Å². The second-order valence-corrected chi connectivity index (χ2v) is 3.84. The molecule has 0 bridgehead atoms. The Hall–Kier alpha value is -1.21. The van der Waals surface area contributed by atoms with Crippen LogP contribution in [0.2, 0.25) is 0 Å². The highest BCUT2D eigenvalue weighted by molar-refractivity contribution is 7.98. The lowest BCUT2D eigenvalue weighted by atomic mass is 10.3. The highest BCUT2D eigenvalue weighted by atomic mass is 32.2. The Morgan fingerprint density at radius 1 is 1.18 bits per heavy atom. The molecule has 0 aliphatic rings. The van der Waals surface area contributed by atoms with E-state index in [2.05, 4.69) is 31.5 Å². The van der Waals surface area contributed by atoms with Crippen molar-refractivity contribution in [3.8, 4) is 0 Å². The molecule has 0 saturated carbocycles. The van der Waals surface area contributed by atoms with Crippen LogP contribution in [0, 0.1) is 0 Å². The lowest BCUT2D eigenvalue weighted by molar-refractivity contribution is 1.47. The Kier molecular flexibility index (Phi) is 15.8. The van der Waals surface area contributed by atoms with Crippen LogP contribution in [-0.4, -0.2) is 6.26 Å². The maximum Gasteiger partial charge on any atom is 0.00691 e. The number of thioether (sulfide) groups is 1. The monoisotopic (exact) mass is 248 g/mol. The predicted molar refractivity (Wildman–Crippen MR) is 83.7 cm³/mol. The molecular weight excluding hydrogens is 224 g/mol. The third kappa shape index (κ3) is 14.8. The number of hydrogen-bond donors (Lipinski definition) is 0. The molecule has 0 nitrogen and oxygen atoms in total. The van der Waals surface area contributed by atoms with Crippen molar-refractivity contribution >= 4 is 11.8 Å². The molecule has 0 radical (unpaired) electrons. The van der Waals surface area contributed by atoms with Crippen molar-refractivity contribution < 1.29 is 0 Å². The van der Waals surface area contributed by atoms with Crippen LogP contribution < -0.4 is 0 Å². The molecule has 0 aromatic heterocycles. The molecule has 1 heteroatoms. The van der Waals surface area contributed by atoms with Crippen LogP contribution in [0.15, 0.2) is 72.2 Å². The molecule has 0 saturated heterocycles. The highest BCUT2D eigenvalue weighted by Crippen LogP contribution is 2.11. The first-order chi connectivity index (χ1) is 8.20. The van der Waals surface area contributed by atoms with Crippen molar-refractivity contribution in [1.29, 1.82) is 0 Å². The number of rotatable bonds is 3. The minimum atomic E-state index is 1.06. The van der Waals surface area contributed by atoms with Gasteiger partial charge in [-0.15, -0.1) is 11.8 Å². The van der Waals surface area contributed by atoms with Crippen LogP contribution in [0.5, 0.6) is 0 Å². The zero-order valence-corrected chi connectivity index (χ0v) is 12.3. The molecule has 1 aromatic rings. The molecule has 17 heavy (non-hydrogen) atoms. The van der Waals surface area contributed by atoms with E-state index in [1.54, 1.807) is 17.8 Å². The van der Waals surface area contributed by atoms with Gasteiger partial charge in [0.15, 0.2) is 0 Å². The van der Waals surface area contributed by atoms with Gasteiger partial charge in [0.25, 0.3) is 0 Å². The Morgan fingerprint density at radius 3 is 1.94 bits per heavy atom. The van der Waals surface area contributed by atoms with Gasteiger partial charge in [0.05, 0.1) is 0 Å². The fourth-order valence-electron chi connectivity index (χ4n) is 0.789. The first-order valence-electron chi connectivity index (χ1n) is 5.74. The summed E-state index contributed by atoms with van der Waals surface area (Å²) in [5, 5.41) is 0. The Balaban J connectivity index is 0. The SMILES string of the molecule is C=C/C=C\C(=C)C.CC.CSc1ccccc1. The third-order valence-corrected chi connectivity index (χ3v) is 2.24. The Morgan fingerprint density at radius 2 is 1.71 bits per heavy atom. The summed E-state index contributed by atoms with van der Waals surface area (Å²) in [5.74, 6) is 0. The summed E-state index contributed by atoms with van der Waals surface area (Å²) >= 11 is 1.77. The van der Waals surface area contributed by atoms with Crippen LogP contribution in [0.3, 0.4) is 0 Å². The van der Waals surface area contributed by atoms with Crippen molar-refractivity contribution in [1.82, 2.24) is 0 Å². The molecule has 94 valence electrons. The van der Waals surface area contributed by atoms with E-state index < -0.39 is 0 Å². The van der Waals surface area contributed by atoms with E-state index >= 15 is 0 Å². The van der Waals surface area contributed by atoms with Gasteiger partial charge in [-0.25, -0.2) is 0 Å². The molecule has 0 heterocycles. The fourth-order valence-corrected chi connectivity index (χ4v) is 1.22. The van der Waals surface area contributed by atoms with Gasteiger partial charge >= 0.3 is 0 Å².